The first kappa shape index (κ1) is 25.5. The molecule has 1 aliphatic carbocycles. The Hall–Kier alpha value is -2.78. The molecule has 1 aromatic rings. The number of carbonyl (C=O) groups is 3. The van der Waals surface area contributed by atoms with E-state index < -0.39 is 48.5 Å². The second-order valence-corrected chi connectivity index (χ2v) is 7.56. The van der Waals surface area contributed by atoms with Gasteiger partial charge >= 0.3 is 18.1 Å². The maximum absolute atomic E-state index is 13.0. The number of esters is 2. The fraction of sp³-hybridized carbons (Fsp3) is 0.591. The second-order valence-electron chi connectivity index (χ2n) is 7.56. The molecule has 178 valence electrons. The molecule has 1 aliphatic rings. The van der Waals surface area contributed by atoms with Crippen LogP contribution in [0.4, 0.5) is 13.2 Å². The van der Waals surface area contributed by atoms with E-state index in [9.17, 15) is 27.6 Å². The molecule has 7 nitrogen and oxygen atoms in total. The number of hydrogen-bond donors (Lipinski definition) is 1. The largest absolute Gasteiger partial charge is 0.497 e. The number of carbonyl (C=O) groups excluding carboxylic acids is 3. The van der Waals surface area contributed by atoms with E-state index in [1.165, 1.54) is 7.11 Å². The van der Waals surface area contributed by atoms with Gasteiger partial charge in [0, 0.05) is 0 Å². The average Bonchev–Trinajstić information content (AvgIpc) is 2.76. The van der Waals surface area contributed by atoms with Gasteiger partial charge in [-0.2, -0.15) is 13.2 Å². The minimum atomic E-state index is -4.64. The van der Waals surface area contributed by atoms with E-state index >= 15 is 0 Å². The highest BCUT2D eigenvalue weighted by atomic mass is 19.4. The summed E-state index contributed by atoms with van der Waals surface area (Å²) in [6, 6.07) is 6.01. The lowest BCUT2D eigenvalue weighted by molar-refractivity contribution is -0.191. The highest BCUT2D eigenvalue weighted by Gasteiger charge is 2.39. The van der Waals surface area contributed by atoms with Crippen molar-refractivity contribution < 1.29 is 41.8 Å². The molecule has 0 saturated heterocycles. The molecule has 1 N–H and O–H groups in total. The zero-order valence-electron chi connectivity index (χ0n) is 18.1. The van der Waals surface area contributed by atoms with Crippen LogP contribution >= 0.6 is 0 Å². The molecule has 0 bridgehead atoms. The number of ether oxygens (including phenoxy) is 3. The molecule has 32 heavy (non-hydrogen) atoms. The van der Waals surface area contributed by atoms with Crippen LogP contribution in [0.5, 0.6) is 5.75 Å². The number of alkyl halides is 3. The fourth-order valence-electron chi connectivity index (χ4n) is 3.74. The Balaban J connectivity index is 2.15. The zero-order valence-corrected chi connectivity index (χ0v) is 18.1. The summed E-state index contributed by atoms with van der Waals surface area (Å²) in [7, 11) is 1.51. The minimum absolute atomic E-state index is 0.137. The molecule has 1 fully saturated rings. The van der Waals surface area contributed by atoms with Crippen molar-refractivity contribution in [3.8, 4) is 5.75 Å². The smallest absolute Gasteiger partial charge is 0.422 e. The van der Waals surface area contributed by atoms with Crippen LogP contribution in [-0.2, 0) is 23.9 Å². The molecule has 0 radical (unpaired) electrons. The van der Waals surface area contributed by atoms with Gasteiger partial charge in [-0.05, 0) is 37.5 Å². The van der Waals surface area contributed by atoms with E-state index in [0.29, 0.717) is 30.6 Å². The average molecular weight is 459 g/mol. The first-order valence-electron chi connectivity index (χ1n) is 10.5. The van der Waals surface area contributed by atoms with E-state index in [-0.39, 0.29) is 19.4 Å². The van der Waals surface area contributed by atoms with Crippen molar-refractivity contribution in [2.24, 2.45) is 11.8 Å². The van der Waals surface area contributed by atoms with Crippen LogP contribution in [0.1, 0.15) is 50.6 Å². The van der Waals surface area contributed by atoms with Crippen LogP contribution in [0.3, 0.4) is 0 Å². The van der Waals surface area contributed by atoms with Gasteiger partial charge in [0.05, 0.1) is 38.0 Å². The summed E-state index contributed by atoms with van der Waals surface area (Å²) in [4.78, 5) is 37.4. The molecule has 0 aromatic heterocycles. The summed E-state index contributed by atoms with van der Waals surface area (Å²) >= 11 is 0. The van der Waals surface area contributed by atoms with Gasteiger partial charge in [-0.3, -0.25) is 14.4 Å². The molecule has 1 saturated carbocycles. The van der Waals surface area contributed by atoms with Gasteiger partial charge < -0.3 is 19.5 Å². The Morgan fingerprint density at radius 3 is 2.25 bits per heavy atom. The third kappa shape index (κ3) is 7.72. The van der Waals surface area contributed by atoms with Crippen molar-refractivity contribution >= 4 is 17.8 Å². The zero-order chi connectivity index (χ0) is 23.7. The number of methoxy groups -OCH3 is 1. The molecular weight excluding hydrogens is 431 g/mol. The van der Waals surface area contributed by atoms with Crippen LogP contribution in [0.25, 0.3) is 0 Å². The molecule has 1 aromatic carbocycles. The number of halogens is 3. The van der Waals surface area contributed by atoms with Crippen molar-refractivity contribution in [1.82, 2.24) is 5.32 Å². The molecule has 0 unspecified atom stereocenters. The van der Waals surface area contributed by atoms with Crippen molar-refractivity contribution in [1.29, 1.82) is 0 Å². The molecule has 0 aliphatic heterocycles. The van der Waals surface area contributed by atoms with Gasteiger partial charge in [0.1, 0.15) is 5.75 Å². The Labute approximate surface area is 184 Å². The molecule has 2 rings (SSSR count). The maximum Gasteiger partial charge on any atom is 0.422 e. The van der Waals surface area contributed by atoms with E-state index in [0.717, 1.165) is 0 Å². The van der Waals surface area contributed by atoms with E-state index in [2.05, 4.69) is 10.1 Å². The first-order chi connectivity index (χ1) is 15.1. The van der Waals surface area contributed by atoms with Crippen molar-refractivity contribution in [2.45, 2.75) is 51.2 Å². The van der Waals surface area contributed by atoms with Crippen molar-refractivity contribution in [2.75, 3.05) is 20.3 Å². The number of benzene rings is 1. The third-order valence-corrected chi connectivity index (χ3v) is 5.29. The van der Waals surface area contributed by atoms with Crippen LogP contribution in [0, 0.1) is 11.8 Å². The van der Waals surface area contributed by atoms with Gasteiger partial charge in [-0.25, -0.2) is 0 Å². The van der Waals surface area contributed by atoms with Gasteiger partial charge in [0.25, 0.3) is 0 Å². The molecule has 10 heteroatoms. The Bertz CT molecular complexity index is 781. The van der Waals surface area contributed by atoms with E-state index in [1.54, 1.807) is 31.2 Å². The lowest BCUT2D eigenvalue weighted by Crippen LogP contribution is -2.42. The maximum atomic E-state index is 13.0. The van der Waals surface area contributed by atoms with Gasteiger partial charge in [0.15, 0.2) is 6.61 Å². The Kier molecular flexibility index (Phi) is 9.34. The second kappa shape index (κ2) is 11.7. The third-order valence-electron chi connectivity index (χ3n) is 5.29. The molecular formula is C22H28F3NO6. The van der Waals surface area contributed by atoms with E-state index in [4.69, 9.17) is 9.47 Å². The van der Waals surface area contributed by atoms with Crippen LogP contribution < -0.4 is 10.1 Å². The molecule has 1 amide bonds. The summed E-state index contributed by atoms with van der Waals surface area (Å²) < 4.78 is 51.8. The van der Waals surface area contributed by atoms with Gasteiger partial charge in [-0.15, -0.1) is 0 Å². The lowest BCUT2D eigenvalue weighted by atomic mass is 9.78. The predicted molar refractivity (Wildman–Crippen MR) is 108 cm³/mol. The quantitative estimate of drug-likeness (QED) is 0.566. The molecule has 0 spiro atoms. The normalized spacial score (nSPS) is 19.5. The highest BCUT2D eigenvalue weighted by Crippen LogP contribution is 2.33. The van der Waals surface area contributed by atoms with Crippen LogP contribution in [-0.4, -0.2) is 44.3 Å². The fourth-order valence-corrected chi connectivity index (χ4v) is 3.74. The first-order valence-corrected chi connectivity index (χ1v) is 10.5. The summed E-state index contributed by atoms with van der Waals surface area (Å²) in [6.45, 7) is 0.157. The summed E-state index contributed by atoms with van der Waals surface area (Å²) in [5.41, 5.74) is 0.624. The predicted octanol–water partition coefficient (Wildman–Crippen LogP) is 3.72. The monoisotopic (exact) mass is 459 g/mol. The summed E-state index contributed by atoms with van der Waals surface area (Å²) in [5, 5.41) is 2.78. The lowest BCUT2D eigenvalue weighted by Gasteiger charge is -2.30. The SMILES string of the molecule is CCOC(=O)C[C@H](NC(=O)[C@H]1CCCC[C@@H]1C(=O)OCC(F)(F)F)c1ccc(OC)cc1. The van der Waals surface area contributed by atoms with Gasteiger partial charge in [-0.1, -0.05) is 25.0 Å². The highest BCUT2D eigenvalue weighted by molar-refractivity contribution is 5.86. The number of nitrogens with one attached hydrogen (secondary N) is 1. The van der Waals surface area contributed by atoms with Crippen LogP contribution in [0.15, 0.2) is 24.3 Å². The topological polar surface area (TPSA) is 90.9 Å². The Morgan fingerprint density at radius 1 is 1.06 bits per heavy atom. The molecule has 0 heterocycles. The van der Waals surface area contributed by atoms with Crippen LogP contribution in [0.2, 0.25) is 0 Å². The summed E-state index contributed by atoms with van der Waals surface area (Å²) in [5.74, 6) is -3.27. The minimum Gasteiger partial charge on any atom is -0.497 e. The van der Waals surface area contributed by atoms with E-state index in [1.807, 2.05) is 0 Å². The Morgan fingerprint density at radius 2 is 1.69 bits per heavy atom. The number of amides is 1. The van der Waals surface area contributed by atoms with Crippen molar-refractivity contribution in [3.05, 3.63) is 29.8 Å². The standard InChI is InChI=1S/C22H28F3NO6/c1-3-31-19(27)12-18(14-8-10-15(30-2)11-9-14)26-20(28)16-6-4-5-7-17(16)21(29)32-13-22(23,24)25/h8-11,16-18H,3-7,12-13H2,1-2H3,(H,26,28)/t16-,17-,18-/m0/s1. The number of hydrogen-bond acceptors (Lipinski definition) is 6. The van der Waals surface area contributed by atoms with Crippen molar-refractivity contribution in [3.63, 3.8) is 0 Å². The summed E-state index contributed by atoms with van der Waals surface area (Å²) in [6.07, 6.45) is -2.90. The number of rotatable bonds is 9. The van der Waals surface area contributed by atoms with Gasteiger partial charge in [0.2, 0.25) is 5.91 Å². The molecule has 3 atom stereocenters.